The van der Waals surface area contributed by atoms with Gasteiger partial charge in [0.2, 0.25) is 0 Å². The lowest BCUT2D eigenvalue weighted by Crippen LogP contribution is -2.43. The fraction of sp³-hybridized carbons (Fsp3) is 0.308. The number of carboxylic acids is 1. The molecule has 0 aliphatic rings. The molecule has 112 valence electrons. The number of nitrogens with one attached hydrogen (secondary N) is 2. The summed E-state index contributed by atoms with van der Waals surface area (Å²) in [6, 6.07) is 5.16. The van der Waals surface area contributed by atoms with Gasteiger partial charge >= 0.3 is 12.0 Å². The SMILES string of the molecule is CSCC[C@@H](NC(=O)Nc1cc(Br)ccc1C#N)C(=O)O. The second-order valence-corrected chi connectivity index (χ2v) is 5.97. The van der Waals surface area contributed by atoms with Crippen LogP contribution in [0.3, 0.4) is 0 Å². The van der Waals surface area contributed by atoms with Crippen molar-refractivity contribution in [3.63, 3.8) is 0 Å². The summed E-state index contributed by atoms with van der Waals surface area (Å²) in [5.74, 6) is -0.466. The van der Waals surface area contributed by atoms with Crippen LogP contribution in [0.15, 0.2) is 22.7 Å². The molecule has 0 unspecified atom stereocenters. The summed E-state index contributed by atoms with van der Waals surface area (Å²) < 4.78 is 0.703. The number of benzene rings is 1. The van der Waals surface area contributed by atoms with Gasteiger partial charge in [-0.25, -0.2) is 9.59 Å². The van der Waals surface area contributed by atoms with Crippen molar-refractivity contribution in [2.24, 2.45) is 0 Å². The predicted molar refractivity (Wildman–Crippen MR) is 85.4 cm³/mol. The fourth-order valence-corrected chi connectivity index (χ4v) is 2.36. The highest BCUT2D eigenvalue weighted by atomic mass is 79.9. The standard InChI is InChI=1S/C13H14BrN3O3S/c1-21-5-4-10(12(18)19)16-13(20)17-11-6-9(14)3-2-8(11)7-15/h2-3,6,10H,4-5H2,1H3,(H,18,19)(H2,16,17,20)/t10-/m1/s1. The van der Waals surface area contributed by atoms with E-state index in [9.17, 15) is 9.59 Å². The number of thioether (sulfide) groups is 1. The summed E-state index contributed by atoms with van der Waals surface area (Å²) in [5, 5.41) is 22.9. The van der Waals surface area contributed by atoms with Gasteiger partial charge in [-0.05, 0) is 36.6 Å². The molecule has 1 rings (SSSR count). The highest BCUT2D eigenvalue weighted by Gasteiger charge is 2.19. The van der Waals surface area contributed by atoms with Crippen LogP contribution in [0.5, 0.6) is 0 Å². The molecule has 0 spiro atoms. The molecule has 0 heterocycles. The van der Waals surface area contributed by atoms with Crippen molar-refractivity contribution in [1.29, 1.82) is 5.26 Å². The zero-order valence-corrected chi connectivity index (χ0v) is 13.6. The van der Waals surface area contributed by atoms with Crippen LogP contribution in [0.25, 0.3) is 0 Å². The molecule has 0 aliphatic heterocycles. The lowest BCUT2D eigenvalue weighted by Gasteiger charge is -2.15. The van der Waals surface area contributed by atoms with Gasteiger partial charge in [-0.15, -0.1) is 0 Å². The Bertz CT molecular complexity index is 574. The van der Waals surface area contributed by atoms with Crippen LogP contribution in [0.4, 0.5) is 10.5 Å². The van der Waals surface area contributed by atoms with Crippen LogP contribution in [-0.2, 0) is 4.79 Å². The molecule has 21 heavy (non-hydrogen) atoms. The highest BCUT2D eigenvalue weighted by molar-refractivity contribution is 9.10. The Labute approximate surface area is 135 Å². The van der Waals surface area contributed by atoms with Crippen molar-refractivity contribution in [2.45, 2.75) is 12.5 Å². The smallest absolute Gasteiger partial charge is 0.326 e. The number of anilines is 1. The van der Waals surface area contributed by atoms with E-state index < -0.39 is 18.0 Å². The number of carboxylic acid groups (broad SMARTS) is 1. The van der Waals surface area contributed by atoms with Crippen LogP contribution >= 0.6 is 27.7 Å². The first-order chi connectivity index (χ1) is 9.97. The molecule has 8 heteroatoms. The second-order valence-electron chi connectivity index (χ2n) is 4.07. The van der Waals surface area contributed by atoms with Crippen molar-refractivity contribution in [2.75, 3.05) is 17.3 Å². The maximum atomic E-state index is 11.9. The molecule has 0 saturated heterocycles. The molecule has 0 fully saturated rings. The van der Waals surface area contributed by atoms with E-state index in [4.69, 9.17) is 10.4 Å². The number of hydrogen-bond donors (Lipinski definition) is 3. The maximum Gasteiger partial charge on any atom is 0.326 e. The molecule has 0 saturated carbocycles. The number of hydrogen-bond acceptors (Lipinski definition) is 4. The van der Waals surface area contributed by atoms with Crippen molar-refractivity contribution >= 4 is 45.4 Å². The Morgan fingerprint density at radius 1 is 1.52 bits per heavy atom. The molecule has 1 atom stereocenters. The summed E-state index contributed by atoms with van der Waals surface area (Å²) in [4.78, 5) is 22.9. The van der Waals surface area contributed by atoms with Gasteiger partial charge in [0, 0.05) is 4.47 Å². The van der Waals surface area contributed by atoms with Gasteiger partial charge in [0.05, 0.1) is 11.3 Å². The molecular weight excluding hydrogens is 358 g/mol. The number of nitrogens with zero attached hydrogens (tertiary/aromatic N) is 1. The van der Waals surface area contributed by atoms with E-state index in [2.05, 4.69) is 26.6 Å². The normalized spacial score (nSPS) is 11.3. The van der Waals surface area contributed by atoms with Crippen molar-refractivity contribution in [3.8, 4) is 6.07 Å². The molecule has 6 nitrogen and oxygen atoms in total. The second kappa shape index (κ2) is 8.54. The summed E-state index contributed by atoms with van der Waals surface area (Å²) in [7, 11) is 0. The van der Waals surface area contributed by atoms with E-state index in [1.54, 1.807) is 18.2 Å². The first-order valence-electron chi connectivity index (χ1n) is 5.96. The third kappa shape index (κ3) is 5.65. The molecular formula is C13H14BrN3O3S. The molecule has 0 aromatic heterocycles. The van der Waals surface area contributed by atoms with Gasteiger partial charge in [0.25, 0.3) is 0 Å². The Morgan fingerprint density at radius 3 is 2.81 bits per heavy atom. The minimum atomic E-state index is -1.09. The lowest BCUT2D eigenvalue weighted by molar-refractivity contribution is -0.139. The predicted octanol–water partition coefficient (Wildman–Crippen LogP) is 2.65. The Balaban J connectivity index is 2.74. The van der Waals surface area contributed by atoms with E-state index in [1.807, 2.05) is 12.3 Å². The van der Waals surface area contributed by atoms with Gasteiger partial charge < -0.3 is 15.7 Å². The van der Waals surface area contributed by atoms with Crippen LogP contribution in [0, 0.1) is 11.3 Å². The summed E-state index contributed by atoms with van der Waals surface area (Å²) >= 11 is 4.75. The molecule has 0 aliphatic carbocycles. The van der Waals surface area contributed by atoms with Gasteiger partial charge in [-0.3, -0.25) is 0 Å². The quantitative estimate of drug-likeness (QED) is 0.713. The van der Waals surface area contributed by atoms with Crippen LogP contribution < -0.4 is 10.6 Å². The first-order valence-corrected chi connectivity index (χ1v) is 8.15. The molecule has 2 amide bonds. The maximum absolute atomic E-state index is 11.9. The number of rotatable bonds is 6. The zero-order valence-electron chi connectivity index (χ0n) is 11.2. The molecule has 3 N–H and O–H groups in total. The summed E-state index contributed by atoms with van der Waals surface area (Å²) in [5.41, 5.74) is 0.614. The number of nitriles is 1. The van der Waals surface area contributed by atoms with Crippen LogP contribution in [-0.4, -0.2) is 35.2 Å². The van der Waals surface area contributed by atoms with E-state index >= 15 is 0 Å². The molecule has 1 aromatic carbocycles. The summed E-state index contributed by atoms with van der Waals surface area (Å²) in [6.45, 7) is 0. The van der Waals surface area contributed by atoms with Crippen LogP contribution in [0.2, 0.25) is 0 Å². The van der Waals surface area contributed by atoms with Gasteiger partial charge in [0.15, 0.2) is 0 Å². The van der Waals surface area contributed by atoms with Crippen molar-refractivity contribution < 1.29 is 14.7 Å². The largest absolute Gasteiger partial charge is 0.480 e. The minimum absolute atomic E-state index is 0.296. The molecule has 1 aromatic rings. The number of amides is 2. The Morgan fingerprint density at radius 2 is 2.24 bits per heavy atom. The minimum Gasteiger partial charge on any atom is -0.480 e. The van der Waals surface area contributed by atoms with E-state index in [-0.39, 0.29) is 0 Å². The third-order valence-electron chi connectivity index (χ3n) is 2.56. The van der Waals surface area contributed by atoms with Crippen molar-refractivity contribution in [1.82, 2.24) is 5.32 Å². The van der Waals surface area contributed by atoms with Crippen molar-refractivity contribution in [3.05, 3.63) is 28.2 Å². The van der Waals surface area contributed by atoms with Gasteiger partial charge in [-0.2, -0.15) is 17.0 Å². The van der Waals surface area contributed by atoms with Gasteiger partial charge in [-0.1, -0.05) is 15.9 Å². The third-order valence-corrected chi connectivity index (χ3v) is 3.70. The average Bonchev–Trinajstić information content (AvgIpc) is 2.43. The number of urea groups is 1. The van der Waals surface area contributed by atoms with Gasteiger partial charge in [0.1, 0.15) is 12.1 Å². The number of carbonyl (C=O) groups excluding carboxylic acids is 1. The first kappa shape index (κ1) is 17.3. The number of carbonyl (C=O) groups is 2. The molecule has 0 radical (unpaired) electrons. The lowest BCUT2D eigenvalue weighted by atomic mass is 10.2. The average molecular weight is 372 g/mol. The topological polar surface area (TPSA) is 102 Å². The molecule has 0 bridgehead atoms. The van der Waals surface area contributed by atoms with Crippen LogP contribution in [0.1, 0.15) is 12.0 Å². The zero-order chi connectivity index (χ0) is 15.8. The highest BCUT2D eigenvalue weighted by Crippen LogP contribution is 2.20. The Hall–Kier alpha value is -1.72. The monoisotopic (exact) mass is 371 g/mol. The Kier molecular flexibility index (Phi) is 7.05. The number of halogens is 1. The number of aliphatic carboxylic acids is 1. The fourth-order valence-electron chi connectivity index (χ4n) is 1.53. The summed E-state index contributed by atoms with van der Waals surface area (Å²) in [6.07, 6.45) is 2.19. The van der Waals surface area contributed by atoms with E-state index in [0.29, 0.717) is 27.9 Å². The van der Waals surface area contributed by atoms with E-state index in [0.717, 1.165) is 0 Å². The van der Waals surface area contributed by atoms with E-state index in [1.165, 1.54) is 11.8 Å².